The molecule has 26 heavy (non-hydrogen) atoms. The van der Waals surface area contributed by atoms with Crippen LogP contribution in [0.3, 0.4) is 0 Å². The summed E-state index contributed by atoms with van der Waals surface area (Å²) in [4.78, 5) is 13.0. The van der Waals surface area contributed by atoms with Crippen LogP contribution in [0.5, 0.6) is 0 Å². The van der Waals surface area contributed by atoms with Gasteiger partial charge in [-0.2, -0.15) is 0 Å². The summed E-state index contributed by atoms with van der Waals surface area (Å²) in [5, 5.41) is 9.60. The minimum Gasteiger partial charge on any atom is -0.465 e. The molecule has 0 aliphatic carbocycles. The SMILES string of the molecule is CC(c1cccc(B2OC(C)(C)C(C)(C)O2)c1F)N(C(=O)O)C(C)(C)C. The highest BCUT2D eigenvalue weighted by Gasteiger charge is 2.52. The van der Waals surface area contributed by atoms with E-state index in [1.165, 1.54) is 4.90 Å². The molecule has 1 saturated heterocycles. The molecule has 1 aromatic carbocycles. The number of halogens is 1. The maximum absolute atomic E-state index is 15.3. The Morgan fingerprint density at radius 1 is 1.19 bits per heavy atom. The van der Waals surface area contributed by atoms with Crippen LogP contribution in [0.4, 0.5) is 9.18 Å². The van der Waals surface area contributed by atoms with E-state index in [9.17, 15) is 9.90 Å². The van der Waals surface area contributed by atoms with E-state index in [0.717, 1.165) is 0 Å². The molecule has 0 aromatic heterocycles. The molecule has 1 fully saturated rings. The third kappa shape index (κ3) is 3.60. The van der Waals surface area contributed by atoms with Gasteiger partial charge in [0, 0.05) is 16.6 Å². The van der Waals surface area contributed by atoms with E-state index in [4.69, 9.17) is 9.31 Å². The van der Waals surface area contributed by atoms with Crippen molar-refractivity contribution in [1.29, 1.82) is 0 Å². The van der Waals surface area contributed by atoms with E-state index in [1.54, 1.807) is 45.9 Å². The molecule has 0 radical (unpaired) electrons. The standard InChI is InChI=1S/C19H29BFNO4/c1-12(22(16(23)24)17(2,3)4)13-10-9-11-14(15(13)21)20-25-18(5,6)19(7,8)26-20/h9-12H,1-8H3,(H,23,24). The smallest absolute Gasteiger partial charge is 0.465 e. The summed E-state index contributed by atoms with van der Waals surface area (Å²) >= 11 is 0. The van der Waals surface area contributed by atoms with Crippen molar-refractivity contribution in [1.82, 2.24) is 4.90 Å². The first-order valence-corrected chi connectivity index (χ1v) is 8.85. The Morgan fingerprint density at radius 2 is 1.69 bits per heavy atom. The van der Waals surface area contributed by atoms with Gasteiger partial charge in [0.1, 0.15) is 5.82 Å². The number of amides is 1. The molecule has 2 rings (SSSR count). The predicted octanol–water partition coefficient (Wildman–Crippen LogP) is 3.96. The second-order valence-electron chi connectivity index (χ2n) is 8.84. The van der Waals surface area contributed by atoms with E-state index < -0.39 is 41.8 Å². The van der Waals surface area contributed by atoms with Gasteiger partial charge in [0.25, 0.3) is 0 Å². The quantitative estimate of drug-likeness (QED) is 0.824. The minimum atomic E-state index is -1.09. The highest BCUT2D eigenvalue weighted by molar-refractivity contribution is 6.62. The largest absolute Gasteiger partial charge is 0.497 e. The molecule has 1 aliphatic heterocycles. The normalized spacial score (nSPS) is 20.1. The van der Waals surface area contributed by atoms with E-state index in [2.05, 4.69) is 0 Å². The summed E-state index contributed by atoms with van der Waals surface area (Å²) in [7, 11) is -0.833. The molecule has 0 spiro atoms. The van der Waals surface area contributed by atoms with Crippen molar-refractivity contribution in [3.8, 4) is 0 Å². The highest BCUT2D eigenvalue weighted by Crippen LogP contribution is 2.37. The number of hydrogen-bond acceptors (Lipinski definition) is 3. The molecule has 1 amide bonds. The van der Waals surface area contributed by atoms with Crippen molar-refractivity contribution in [2.75, 3.05) is 0 Å². The molecule has 7 heteroatoms. The van der Waals surface area contributed by atoms with Crippen LogP contribution in [0.15, 0.2) is 18.2 Å². The fourth-order valence-corrected chi connectivity index (χ4v) is 3.22. The number of benzene rings is 1. The summed E-state index contributed by atoms with van der Waals surface area (Å²) in [6.07, 6.45) is -1.09. The lowest BCUT2D eigenvalue weighted by Crippen LogP contribution is -2.47. The number of nitrogens with zero attached hydrogens (tertiary/aromatic N) is 1. The van der Waals surface area contributed by atoms with Gasteiger partial charge < -0.3 is 14.4 Å². The van der Waals surface area contributed by atoms with Crippen molar-refractivity contribution < 1.29 is 23.6 Å². The summed E-state index contributed by atoms with van der Waals surface area (Å²) in [5.41, 5.74) is -1.24. The van der Waals surface area contributed by atoms with Gasteiger partial charge >= 0.3 is 13.2 Å². The van der Waals surface area contributed by atoms with Gasteiger partial charge in [-0.05, 0) is 55.4 Å². The molecule has 0 bridgehead atoms. The van der Waals surface area contributed by atoms with Crippen LogP contribution in [0.1, 0.15) is 67.0 Å². The first-order chi connectivity index (χ1) is 11.7. The van der Waals surface area contributed by atoms with E-state index in [-0.39, 0.29) is 5.46 Å². The summed E-state index contributed by atoms with van der Waals surface area (Å²) < 4.78 is 27.2. The topological polar surface area (TPSA) is 59.0 Å². The van der Waals surface area contributed by atoms with Crippen molar-refractivity contribution >= 4 is 18.7 Å². The van der Waals surface area contributed by atoms with Gasteiger partial charge in [-0.25, -0.2) is 9.18 Å². The second-order valence-corrected chi connectivity index (χ2v) is 8.84. The lowest BCUT2D eigenvalue weighted by Gasteiger charge is -2.38. The zero-order valence-corrected chi connectivity index (χ0v) is 16.9. The Bertz CT molecular complexity index is 683. The maximum Gasteiger partial charge on any atom is 0.497 e. The summed E-state index contributed by atoms with van der Waals surface area (Å²) in [6.45, 7) is 14.7. The van der Waals surface area contributed by atoms with Crippen molar-refractivity contribution in [2.45, 2.75) is 78.2 Å². The van der Waals surface area contributed by atoms with Gasteiger partial charge in [-0.3, -0.25) is 4.90 Å². The lowest BCUT2D eigenvalue weighted by molar-refractivity contribution is 0.00578. The number of hydrogen-bond donors (Lipinski definition) is 1. The molecule has 5 nitrogen and oxygen atoms in total. The Morgan fingerprint density at radius 3 is 2.12 bits per heavy atom. The van der Waals surface area contributed by atoms with E-state index in [0.29, 0.717) is 5.56 Å². The van der Waals surface area contributed by atoms with Gasteiger partial charge in [0.05, 0.1) is 17.2 Å². The van der Waals surface area contributed by atoms with Crippen LogP contribution in [-0.2, 0) is 9.31 Å². The summed E-state index contributed by atoms with van der Waals surface area (Å²) in [5.74, 6) is -0.492. The fourth-order valence-electron chi connectivity index (χ4n) is 3.22. The fraction of sp³-hybridized carbons (Fsp3) is 0.632. The Hall–Kier alpha value is -1.60. The summed E-state index contributed by atoms with van der Waals surface area (Å²) in [6, 6.07) is 4.28. The van der Waals surface area contributed by atoms with Gasteiger partial charge in [0.15, 0.2) is 0 Å². The number of carboxylic acid groups (broad SMARTS) is 1. The number of rotatable bonds is 3. The zero-order chi connectivity index (χ0) is 20.1. The Balaban J connectivity index is 2.43. The van der Waals surface area contributed by atoms with E-state index >= 15 is 4.39 Å². The van der Waals surface area contributed by atoms with Crippen molar-refractivity contribution in [3.63, 3.8) is 0 Å². The van der Waals surface area contributed by atoms with Crippen LogP contribution in [-0.4, -0.2) is 40.0 Å². The molecule has 0 saturated carbocycles. The van der Waals surface area contributed by atoms with Crippen LogP contribution in [0.2, 0.25) is 0 Å². The average Bonchev–Trinajstić information content (AvgIpc) is 2.65. The van der Waals surface area contributed by atoms with Crippen LogP contribution >= 0.6 is 0 Å². The van der Waals surface area contributed by atoms with Gasteiger partial charge in [0.2, 0.25) is 0 Å². The molecular formula is C19H29BFNO4. The molecule has 1 atom stereocenters. The average molecular weight is 365 g/mol. The van der Waals surface area contributed by atoms with Crippen LogP contribution in [0, 0.1) is 5.82 Å². The first kappa shape index (κ1) is 20.7. The zero-order valence-electron chi connectivity index (χ0n) is 16.9. The third-order valence-electron chi connectivity index (χ3n) is 5.33. The monoisotopic (exact) mass is 365 g/mol. The Labute approximate surface area is 155 Å². The lowest BCUT2D eigenvalue weighted by atomic mass is 9.77. The van der Waals surface area contributed by atoms with E-state index in [1.807, 2.05) is 27.7 Å². The van der Waals surface area contributed by atoms with Crippen molar-refractivity contribution in [3.05, 3.63) is 29.6 Å². The molecule has 144 valence electrons. The molecule has 1 N–H and O–H groups in total. The third-order valence-corrected chi connectivity index (χ3v) is 5.33. The predicted molar refractivity (Wildman–Crippen MR) is 100 cm³/mol. The highest BCUT2D eigenvalue weighted by atomic mass is 19.1. The molecule has 1 aliphatic rings. The maximum atomic E-state index is 15.3. The molecule has 1 heterocycles. The van der Waals surface area contributed by atoms with Gasteiger partial charge in [-0.1, -0.05) is 18.2 Å². The number of carbonyl (C=O) groups is 1. The second kappa shape index (κ2) is 6.53. The first-order valence-electron chi connectivity index (χ1n) is 8.85. The molecular weight excluding hydrogens is 336 g/mol. The molecule has 1 unspecified atom stereocenters. The van der Waals surface area contributed by atoms with Gasteiger partial charge in [-0.15, -0.1) is 0 Å². The van der Waals surface area contributed by atoms with Crippen LogP contribution < -0.4 is 5.46 Å². The minimum absolute atomic E-state index is 0.284. The molecule has 1 aromatic rings. The van der Waals surface area contributed by atoms with Crippen molar-refractivity contribution in [2.24, 2.45) is 0 Å². The Kier molecular flexibility index (Phi) is 5.21. The van der Waals surface area contributed by atoms with Crippen LogP contribution in [0.25, 0.3) is 0 Å².